The smallest absolute Gasteiger partial charge is 0.251 e. The molecule has 0 radical (unpaired) electrons. The third kappa shape index (κ3) is 4.68. The lowest BCUT2D eigenvalue weighted by atomic mass is 10.0. The van der Waals surface area contributed by atoms with Gasteiger partial charge in [-0.2, -0.15) is 5.10 Å². The van der Waals surface area contributed by atoms with Crippen LogP contribution >= 0.6 is 0 Å². The van der Waals surface area contributed by atoms with E-state index in [9.17, 15) is 4.79 Å². The van der Waals surface area contributed by atoms with E-state index in [0.717, 1.165) is 24.5 Å². The number of likely N-dealkylation sites (tertiary alicyclic amines) is 1. The Hall–Kier alpha value is -3.19. The number of piperidine rings is 1. The lowest BCUT2D eigenvalue weighted by Crippen LogP contribution is -2.40. The number of benzene rings is 2. The largest absolute Gasteiger partial charge is 0.497 e. The number of hydrogen-bond acceptors (Lipinski definition) is 5. The Morgan fingerprint density at radius 1 is 1.07 bits per heavy atom. The molecular weight excluding hydrogens is 378 g/mol. The number of nitrogens with zero attached hydrogens (tertiary/aromatic N) is 4. The van der Waals surface area contributed by atoms with Gasteiger partial charge in [0.05, 0.1) is 18.8 Å². The molecule has 1 N–H and O–H groups in total. The average molecular weight is 406 g/mol. The third-order valence-electron chi connectivity index (χ3n) is 5.60. The molecule has 0 unspecified atom stereocenters. The standard InChI is InChI=1S/C23H27N5O2/c1-30-21-11-7-18(8-12-21)22(27-13-3-2-4-14-27)15-25-23(29)19-5-9-20(10-6-19)28-17-24-16-26-28/h5-12,16-17,22H,2-4,13-15H2,1H3,(H,25,29)/t22-/m0/s1. The Morgan fingerprint density at radius 3 is 2.43 bits per heavy atom. The molecule has 7 heteroatoms. The lowest BCUT2D eigenvalue weighted by molar-refractivity contribution is 0.0924. The molecule has 1 aliphatic rings. The number of nitrogens with one attached hydrogen (secondary N) is 1. The fourth-order valence-electron chi connectivity index (χ4n) is 3.91. The van der Waals surface area contributed by atoms with Crippen molar-refractivity contribution in [3.05, 3.63) is 72.3 Å². The molecule has 1 atom stereocenters. The molecule has 30 heavy (non-hydrogen) atoms. The third-order valence-corrected chi connectivity index (χ3v) is 5.60. The zero-order chi connectivity index (χ0) is 20.8. The van der Waals surface area contributed by atoms with Gasteiger partial charge in [-0.1, -0.05) is 18.6 Å². The first-order valence-corrected chi connectivity index (χ1v) is 10.4. The summed E-state index contributed by atoms with van der Waals surface area (Å²) in [5.74, 6) is 0.767. The molecule has 2 aromatic carbocycles. The number of aromatic nitrogens is 3. The Bertz CT molecular complexity index is 933. The first-order valence-electron chi connectivity index (χ1n) is 10.4. The zero-order valence-corrected chi connectivity index (χ0v) is 17.2. The van der Waals surface area contributed by atoms with E-state index in [1.54, 1.807) is 18.1 Å². The molecule has 1 aliphatic heterocycles. The molecule has 1 fully saturated rings. The molecule has 2 heterocycles. The molecule has 0 spiro atoms. The van der Waals surface area contributed by atoms with Gasteiger partial charge in [-0.25, -0.2) is 9.67 Å². The van der Waals surface area contributed by atoms with Crippen LogP contribution in [0.5, 0.6) is 5.75 Å². The van der Waals surface area contributed by atoms with Crippen molar-refractivity contribution in [1.29, 1.82) is 0 Å². The van der Waals surface area contributed by atoms with Crippen molar-refractivity contribution in [3.8, 4) is 11.4 Å². The summed E-state index contributed by atoms with van der Waals surface area (Å²) in [6.45, 7) is 2.67. The van der Waals surface area contributed by atoms with E-state index in [0.29, 0.717) is 12.1 Å². The van der Waals surface area contributed by atoms with Crippen molar-refractivity contribution < 1.29 is 9.53 Å². The van der Waals surface area contributed by atoms with Gasteiger partial charge in [0.2, 0.25) is 0 Å². The Kier molecular flexibility index (Phi) is 6.39. The summed E-state index contributed by atoms with van der Waals surface area (Å²) in [6, 6.07) is 15.7. The quantitative estimate of drug-likeness (QED) is 0.653. The van der Waals surface area contributed by atoms with E-state index in [-0.39, 0.29) is 11.9 Å². The van der Waals surface area contributed by atoms with E-state index in [1.807, 2.05) is 36.4 Å². The highest BCUT2D eigenvalue weighted by molar-refractivity contribution is 5.94. The second kappa shape index (κ2) is 9.54. The predicted octanol–water partition coefficient (Wildman–Crippen LogP) is 3.23. The Morgan fingerprint density at radius 2 is 1.80 bits per heavy atom. The summed E-state index contributed by atoms with van der Waals surface area (Å²) in [7, 11) is 1.67. The van der Waals surface area contributed by atoms with E-state index in [2.05, 4.69) is 32.4 Å². The van der Waals surface area contributed by atoms with Crippen molar-refractivity contribution >= 4 is 5.91 Å². The molecular formula is C23H27N5O2. The molecule has 0 bridgehead atoms. The number of methoxy groups -OCH3 is 1. The average Bonchev–Trinajstić information content (AvgIpc) is 3.35. The SMILES string of the molecule is COc1ccc([C@H](CNC(=O)c2ccc(-n3cncn3)cc2)N2CCCCC2)cc1. The second-order valence-corrected chi connectivity index (χ2v) is 7.48. The minimum Gasteiger partial charge on any atom is -0.497 e. The molecule has 0 aliphatic carbocycles. The van der Waals surface area contributed by atoms with Crippen LogP contribution in [0.2, 0.25) is 0 Å². The van der Waals surface area contributed by atoms with Crippen LogP contribution in [0, 0.1) is 0 Å². The predicted molar refractivity (Wildman–Crippen MR) is 115 cm³/mol. The highest BCUT2D eigenvalue weighted by Crippen LogP contribution is 2.26. The first-order chi connectivity index (χ1) is 14.7. The summed E-state index contributed by atoms with van der Waals surface area (Å²) in [6.07, 6.45) is 6.79. The maximum Gasteiger partial charge on any atom is 0.251 e. The van der Waals surface area contributed by atoms with Crippen LogP contribution in [0.15, 0.2) is 61.2 Å². The Labute approximate surface area is 176 Å². The van der Waals surface area contributed by atoms with Gasteiger partial charge in [-0.3, -0.25) is 9.69 Å². The van der Waals surface area contributed by atoms with Crippen molar-refractivity contribution in [2.45, 2.75) is 25.3 Å². The number of hydrogen-bond donors (Lipinski definition) is 1. The van der Waals surface area contributed by atoms with Crippen LogP contribution in [-0.2, 0) is 0 Å². The molecule has 1 saturated heterocycles. The number of ether oxygens (including phenoxy) is 1. The molecule has 1 aromatic heterocycles. The van der Waals surface area contributed by atoms with E-state index < -0.39 is 0 Å². The number of carbonyl (C=O) groups excluding carboxylic acids is 1. The van der Waals surface area contributed by atoms with E-state index >= 15 is 0 Å². The monoisotopic (exact) mass is 405 g/mol. The molecule has 0 saturated carbocycles. The Balaban J connectivity index is 1.45. The van der Waals surface area contributed by atoms with Gasteiger partial charge in [-0.05, 0) is 67.9 Å². The van der Waals surface area contributed by atoms with E-state index in [4.69, 9.17) is 4.74 Å². The van der Waals surface area contributed by atoms with Crippen LogP contribution in [0.3, 0.4) is 0 Å². The molecule has 4 rings (SSSR count). The van der Waals surface area contributed by atoms with Crippen molar-refractivity contribution in [2.75, 3.05) is 26.7 Å². The van der Waals surface area contributed by atoms with Crippen LogP contribution in [0.1, 0.15) is 41.2 Å². The molecule has 7 nitrogen and oxygen atoms in total. The van der Waals surface area contributed by atoms with Gasteiger partial charge in [0.25, 0.3) is 5.91 Å². The summed E-state index contributed by atoms with van der Waals surface area (Å²) >= 11 is 0. The summed E-state index contributed by atoms with van der Waals surface area (Å²) in [5, 5.41) is 7.24. The topological polar surface area (TPSA) is 72.3 Å². The molecule has 156 valence electrons. The number of amides is 1. The maximum absolute atomic E-state index is 12.8. The lowest BCUT2D eigenvalue weighted by Gasteiger charge is -2.35. The fourth-order valence-corrected chi connectivity index (χ4v) is 3.91. The maximum atomic E-state index is 12.8. The fraction of sp³-hybridized carbons (Fsp3) is 0.348. The number of carbonyl (C=O) groups is 1. The first kappa shape index (κ1) is 20.1. The molecule has 3 aromatic rings. The van der Waals surface area contributed by atoms with Crippen molar-refractivity contribution in [1.82, 2.24) is 25.0 Å². The minimum absolute atomic E-state index is 0.0735. The van der Waals surface area contributed by atoms with Crippen LogP contribution < -0.4 is 10.1 Å². The summed E-state index contributed by atoms with van der Waals surface area (Å²) in [5.41, 5.74) is 2.69. The van der Waals surface area contributed by atoms with Gasteiger partial charge in [-0.15, -0.1) is 0 Å². The minimum atomic E-state index is -0.0735. The van der Waals surface area contributed by atoms with Gasteiger partial charge in [0.1, 0.15) is 18.4 Å². The summed E-state index contributed by atoms with van der Waals surface area (Å²) < 4.78 is 6.96. The van der Waals surface area contributed by atoms with Crippen molar-refractivity contribution in [3.63, 3.8) is 0 Å². The second-order valence-electron chi connectivity index (χ2n) is 7.48. The van der Waals surface area contributed by atoms with Gasteiger partial charge >= 0.3 is 0 Å². The van der Waals surface area contributed by atoms with Crippen molar-refractivity contribution in [2.24, 2.45) is 0 Å². The van der Waals surface area contributed by atoms with Gasteiger partial charge < -0.3 is 10.1 Å². The van der Waals surface area contributed by atoms with Gasteiger partial charge in [0.15, 0.2) is 0 Å². The molecule has 1 amide bonds. The summed E-state index contributed by atoms with van der Waals surface area (Å²) in [4.78, 5) is 19.2. The van der Waals surface area contributed by atoms with E-state index in [1.165, 1.54) is 31.2 Å². The van der Waals surface area contributed by atoms with Crippen LogP contribution in [-0.4, -0.2) is 52.3 Å². The van der Waals surface area contributed by atoms with Gasteiger partial charge in [0, 0.05) is 12.1 Å². The highest BCUT2D eigenvalue weighted by Gasteiger charge is 2.23. The zero-order valence-electron chi connectivity index (χ0n) is 17.2. The number of rotatable bonds is 7. The van der Waals surface area contributed by atoms with Crippen LogP contribution in [0.25, 0.3) is 5.69 Å². The highest BCUT2D eigenvalue weighted by atomic mass is 16.5. The van der Waals surface area contributed by atoms with Crippen LogP contribution in [0.4, 0.5) is 0 Å². The normalized spacial score (nSPS) is 15.5.